The van der Waals surface area contributed by atoms with E-state index in [1.165, 1.54) is 30.6 Å². The largest absolute Gasteiger partial charge is 0.445 e. The van der Waals surface area contributed by atoms with Crippen LogP contribution in [0, 0.1) is 12.7 Å². The molecule has 0 unspecified atom stereocenters. The van der Waals surface area contributed by atoms with Gasteiger partial charge >= 0.3 is 6.09 Å². The molecule has 1 aliphatic heterocycles. The molecule has 4 N–H and O–H groups in total. The molecule has 0 radical (unpaired) electrons. The lowest BCUT2D eigenvalue weighted by Crippen LogP contribution is -2.12. The van der Waals surface area contributed by atoms with Gasteiger partial charge in [-0.1, -0.05) is 19.9 Å². The van der Waals surface area contributed by atoms with Gasteiger partial charge in [-0.3, -0.25) is 4.79 Å². The molecule has 0 bridgehead atoms. The van der Waals surface area contributed by atoms with Gasteiger partial charge in [-0.2, -0.15) is 0 Å². The van der Waals surface area contributed by atoms with Gasteiger partial charge in [0.15, 0.2) is 0 Å². The predicted octanol–water partition coefficient (Wildman–Crippen LogP) is 3.48. The zero-order valence-corrected chi connectivity index (χ0v) is 15.3. The van der Waals surface area contributed by atoms with Crippen molar-refractivity contribution in [3.05, 3.63) is 52.9 Å². The Labute approximate surface area is 156 Å². The van der Waals surface area contributed by atoms with Gasteiger partial charge in [0.1, 0.15) is 12.4 Å². The third kappa shape index (κ3) is 4.41. The fourth-order valence-electron chi connectivity index (χ4n) is 2.54. The maximum absolute atomic E-state index is 14.3. The normalized spacial score (nSPS) is 13.9. The number of carbonyl (C=O) groups is 2. The van der Waals surface area contributed by atoms with Crippen molar-refractivity contribution < 1.29 is 18.7 Å². The number of amides is 2. The van der Waals surface area contributed by atoms with Gasteiger partial charge in [-0.05, 0) is 31.2 Å². The van der Waals surface area contributed by atoms with Gasteiger partial charge in [0.05, 0.1) is 17.6 Å². The highest BCUT2D eigenvalue weighted by molar-refractivity contribution is 6.35. The summed E-state index contributed by atoms with van der Waals surface area (Å²) < 4.78 is 18.9. The van der Waals surface area contributed by atoms with Crippen molar-refractivity contribution in [3.63, 3.8) is 0 Å². The first kappa shape index (κ1) is 19.9. The number of halogens is 1. The van der Waals surface area contributed by atoms with Crippen LogP contribution >= 0.6 is 0 Å². The van der Waals surface area contributed by atoms with E-state index in [-0.39, 0.29) is 18.1 Å². The van der Waals surface area contributed by atoms with Gasteiger partial charge in [0.2, 0.25) is 0 Å². The van der Waals surface area contributed by atoms with E-state index < -0.39 is 11.9 Å². The van der Waals surface area contributed by atoms with Crippen LogP contribution in [0.2, 0.25) is 0 Å². The monoisotopic (exact) mass is 372 g/mol. The van der Waals surface area contributed by atoms with Gasteiger partial charge in [-0.25, -0.2) is 14.2 Å². The minimum absolute atomic E-state index is 0.0999. The number of carbonyl (C=O) groups excluding carboxylic acids is 2. The number of aromatic amines is 1. The molecule has 27 heavy (non-hydrogen) atoms. The number of rotatable bonds is 4. The molecule has 0 saturated heterocycles. The molecule has 1 aromatic carbocycles. The summed E-state index contributed by atoms with van der Waals surface area (Å²) in [6, 6.07) is 2.76. The Balaban J connectivity index is 0.00000126. The van der Waals surface area contributed by atoms with Crippen molar-refractivity contribution in [1.82, 2.24) is 9.97 Å². The molecule has 2 aromatic rings. The number of nitrogens with one attached hydrogen (secondary N) is 2. The van der Waals surface area contributed by atoms with Crippen LogP contribution in [0.25, 0.3) is 17.7 Å². The molecule has 2 amide bonds. The number of benzene rings is 1. The number of hydrogen-bond donors (Lipinski definition) is 3. The lowest BCUT2D eigenvalue weighted by atomic mass is 9.98. The van der Waals surface area contributed by atoms with Crippen molar-refractivity contribution in [3.8, 4) is 0 Å². The number of imidazole rings is 1. The van der Waals surface area contributed by atoms with Crippen molar-refractivity contribution >= 4 is 35.4 Å². The molecule has 0 aliphatic carbocycles. The van der Waals surface area contributed by atoms with Crippen molar-refractivity contribution in [1.29, 1.82) is 0 Å². The third-order valence-electron chi connectivity index (χ3n) is 3.71. The maximum atomic E-state index is 14.3. The fraction of sp³-hybridized carbons (Fsp3) is 0.211. The summed E-state index contributed by atoms with van der Waals surface area (Å²) in [6.07, 6.45) is 5.09. The van der Waals surface area contributed by atoms with Gasteiger partial charge in [0, 0.05) is 22.5 Å². The average molecular weight is 372 g/mol. The Bertz CT molecular complexity index is 916. The standard InChI is InChI=1S/C17H15FN4O3.C2H6/c1-9-14(21-8-20-9)7-11-15-10(3-2-6-25-17(19)24)12(18)4-5-13(15)22-16(11)23;1-2/h2-5,7-8H,6H2,1H3,(H2,19,24)(H,20,21)(H,22,23);1-2H3/b3-2?,11-7-;. The van der Waals surface area contributed by atoms with E-state index >= 15 is 0 Å². The summed E-state index contributed by atoms with van der Waals surface area (Å²) in [5.41, 5.74) is 7.71. The summed E-state index contributed by atoms with van der Waals surface area (Å²) in [5, 5.41) is 2.70. The number of aromatic nitrogens is 2. The summed E-state index contributed by atoms with van der Waals surface area (Å²) in [6.45, 7) is 5.72. The molecule has 0 spiro atoms. The van der Waals surface area contributed by atoms with E-state index in [0.29, 0.717) is 22.5 Å². The number of primary amides is 1. The second-order valence-corrected chi connectivity index (χ2v) is 5.34. The summed E-state index contributed by atoms with van der Waals surface area (Å²) in [7, 11) is 0. The molecule has 2 heterocycles. The Kier molecular flexibility index (Phi) is 6.48. The molecular weight excluding hydrogens is 351 g/mol. The van der Waals surface area contributed by atoms with Crippen molar-refractivity contribution in [2.75, 3.05) is 11.9 Å². The topological polar surface area (TPSA) is 110 Å². The number of nitrogens with zero attached hydrogens (tertiary/aromatic N) is 1. The molecular formula is C19H21FN4O3. The molecule has 8 heteroatoms. The highest BCUT2D eigenvalue weighted by atomic mass is 19.1. The number of aryl methyl sites for hydroxylation is 1. The minimum Gasteiger partial charge on any atom is -0.445 e. The maximum Gasteiger partial charge on any atom is 0.404 e. The highest BCUT2D eigenvalue weighted by Gasteiger charge is 2.28. The molecule has 3 rings (SSSR count). The molecule has 0 fully saturated rings. The lowest BCUT2D eigenvalue weighted by Gasteiger charge is -2.06. The van der Waals surface area contributed by atoms with Crippen LogP contribution in [0.5, 0.6) is 0 Å². The molecule has 0 saturated carbocycles. The van der Waals surface area contributed by atoms with Gasteiger partial charge < -0.3 is 20.8 Å². The van der Waals surface area contributed by atoms with Crippen molar-refractivity contribution in [2.24, 2.45) is 5.73 Å². The first-order valence-corrected chi connectivity index (χ1v) is 8.42. The number of anilines is 1. The Hall–Kier alpha value is -3.42. The Morgan fingerprint density at radius 2 is 2.11 bits per heavy atom. The number of fused-ring (bicyclic) bond motifs is 1. The SMILES string of the molecule is CC.Cc1[nH]cnc1/C=C1\C(=O)Nc2ccc(F)c(C=CCOC(N)=O)c21. The second kappa shape index (κ2) is 8.79. The van der Waals surface area contributed by atoms with Gasteiger partial charge in [-0.15, -0.1) is 0 Å². The number of ether oxygens (including phenoxy) is 1. The average Bonchev–Trinajstić information content (AvgIpc) is 3.19. The zero-order chi connectivity index (χ0) is 20.0. The number of nitrogens with two attached hydrogens (primary N) is 1. The van der Waals surface area contributed by atoms with Crippen LogP contribution in [0.1, 0.15) is 36.4 Å². The summed E-state index contributed by atoms with van der Waals surface area (Å²) in [4.78, 5) is 30.0. The van der Waals surface area contributed by atoms with Crippen LogP contribution in [-0.4, -0.2) is 28.6 Å². The number of hydrogen-bond acceptors (Lipinski definition) is 4. The van der Waals surface area contributed by atoms with E-state index in [0.717, 1.165) is 5.69 Å². The number of H-pyrrole nitrogens is 1. The van der Waals surface area contributed by atoms with Crippen molar-refractivity contribution in [2.45, 2.75) is 20.8 Å². The molecule has 142 valence electrons. The zero-order valence-electron chi connectivity index (χ0n) is 15.3. The molecule has 7 nitrogen and oxygen atoms in total. The van der Waals surface area contributed by atoms with Crippen LogP contribution in [0.4, 0.5) is 14.9 Å². The van der Waals surface area contributed by atoms with Gasteiger partial charge in [0.25, 0.3) is 5.91 Å². The van der Waals surface area contributed by atoms with Crippen LogP contribution in [0.15, 0.2) is 24.5 Å². The molecule has 1 aliphatic rings. The van der Waals surface area contributed by atoms with Crippen LogP contribution < -0.4 is 11.1 Å². The Morgan fingerprint density at radius 1 is 1.37 bits per heavy atom. The lowest BCUT2D eigenvalue weighted by molar-refractivity contribution is -0.110. The van der Waals surface area contributed by atoms with E-state index in [1.54, 1.807) is 6.08 Å². The Morgan fingerprint density at radius 3 is 2.74 bits per heavy atom. The van der Waals surface area contributed by atoms with E-state index in [9.17, 15) is 14.0 Å². The van der Waals surface area contributed by atoms with E-state index in [1.807, 2.05) is 20.8 Å². The van der Waals surface area contributed by atoms with Crippen LogP contribution in [0.3, 0.4) is 0 Å². The minimum atomic E-state index is -0.921. The fourth-order valence-corrected chi connectivity index (χ4v) is 2.54. The summed E-state index contributed by atoms with van der Waals surface area (Å²) >= 11 is 0. The smallest absolute Gasteiger partial charge is 0.404 e. The van der Waals surface area contributed by atoms with E-state index in [2.05, 4.69) is 20.0 Å². The predicted molar refractivity (Wildman–Crippen MR) is 102 cm³/mol. The molecule has 0 atom stereocenters. The third-order valence-corrected chi connectivity index (χ3v) is 3.71. The quantitative estimate of drug-likeness (QED) is 0.714. The highest BCUT2D eigenvalue weighted by Crippen LogP contribution is 2.37. The van der Waals surface area contributed by atoms with Crippen LogP contribution in [-0.2, 0) is 9.53 Å². The van der Waals surface area contributed by atoms with E-state index in [4.69, 9.17) is 5.73 Å². The first-order valence-electron chi connectivity index (χ1n) is 8.42. The summed E-state index contributed by atoms with van der Waals surface area (Å²) in [5.74, 6) is -0.846. The molecule has 1 aromatic heterocycles. The first-order chi connectivity index (χ1) is 13.0. The second-order valence-electron chi connectivity index (χ2n) is 5.34.